The van der Waals surface area contributed by atoms with Crippen LogP contribution < -0.4 is 20.3 Å². The maximum absolute atomic E-state index is 12.4. The molecular formula is C24H28ClN3O5. The number of carbonyl (C=O) groups excluding carboxylic acids is 3. The van der Waals surface area contributed by atoms with E-state index < -0.39 is 0 Å². The highest BCUT2D eigenvalue weighted by molar-refractivity contribution is 6.31. The summed E-state index contributed by atoms with van der Waals surface area (Å²) < 4.78 is 10.5. The third-order valence-electron chi connectivity index (χ3n) is 5.29. The quantitative estimate of drug-likeness (QED) is 0.516. The number of rotatable bonds is 10. The monoisotopic (exact) mass is 473 g/mol. The minimum Gasteiger partial charge on any atom is -0.484 e. The van der Waals surface area contributed by atoms with Gasteiger partial charge in [-0.3, -0.25) is 14.4 Å². The van der Waals surface area contributed by atoms with Crippen LogP contribution >= 0.6 is 11.6 Å². The van der Waals surface area contributed by atoms with Gasteiger partial charge in [0.15, 0.2) is 6.61 Å². The van der Waals surface area contributed by atoms with Gasteiger partial charge in [-0.1, -0.05) is 17.7 Å². The van der Waals surface area contributed by atoms with Gasteiger partial charge in [-0.05, 0) is 55.3 Å². The second-order valence-electron chi connectivity index (χ2n) is 7.84. The van der Waals surface area contributed by atoms with Gasteiger partial charge in [-0.2, -0.15) is 0 Å². The average molecular weight is 474 g/mol. The molecule has 1 saturated heterocycles. The summed E-state index contributed by atoms with van der Waals surface area (Å²) in [4.78, 5) is 38.5. The largest absolute Gasteiger partial charge is 0.484 e. The Hall–Kier alpha value is -3.10. The molecule has 8 nitrogen and oxygen atoms in total. The molecule has 2 N–H and O–H groups in total. The summed E-state index contributed by atoms with van der Waals surface area (Å²) >= 11 is 6.07. The van der Waals surface area contributed by atoms with Crippen LogP contribution in [0.4, 0.5) is 11.4 Å². The van der Waals surface area contributed by atoms with Gasteiger partial charge in [-0.15, -0.1) is 0 Å². The van der Waals surface area contributed by atoms with E-state index in [2.05, 4.69) is 10.6 Å². The van der Waals surface area contributed by atoms with Crippen molar-refractivity contribution in [2.24, 2.45) is 5.92 Å². The van der Waals surface area contributed by atoms with E-state index in [0.29, 0.717) is 41.8 Å². The molecule has 176 valence electrons. The van der Waals surface area contributed by atoms with Crippen LogP contribution in [0, 0.1) is 12.8 Å². The number of methoxy groups -OCH3 is 1. The molecule has 1 heterocycles. The highest BCUT2D eigenvalue weighted by Crippen LogP contribution is 2.27. The SMILES string of the molecule is COCCCNC(=O)[C@H]1CC(=O)N(c2ccc(OCC(=O)Nc3ccc(C)c(Cl)c3)cc2)C1. The van der Waals surface area contributed by atoms with E-state index >= 15 is 0 Å². The Morgan fingerprint density at radius 1 is 1.18 bits per heavy atom. The zero-order valence-corrected chi connectivity index (χ0v) is 19.5. The predicted octanol–water partition coefficient (Wildman–Crippen LogP) is 3.17. The first kappa shape index (κ1) is 24.5. The number of benzene rings is 2. The molecule has 0 radical (unpaired) electrons. The molecule has 1 atom stereocenters. The molecule has 9 heteroatoms. The summed E-state index contributed by atoms with van der Waals surface area (Å²) in [6.45, 7) is 3.14. The lowest BCUT2D eigenvalue weighted by Crippen LogP contribution is -2.33. The van der Waals surface area contributed by atoms with Gasteiger partial charge in [0.05, 0.1) is 5.92 Å². The number of nitrogens with zero attached hydrogens (tertiary/aromatic N) is 1. The Kier molecular flexibility index (Phi) is 8.68. The van der Waals surface area contributed by atoms with Crippen molar-refractivity contribution in [1.29, 1.82) is 0 Å². The second kappa shape index (κ2) is 11.7. The number of aryl methyl sites for hydroxylation is 1. The molecule has 2 aromatic carbocycles. The number of hydrogen-bond acceptors (Lipinski definition) is 5. The third kappa shape index (κ3) is 6.94. The van der Waals surface area contributed by atoms with Gasteiger partial charge in [0.25, 0.3) is 5.91 Å². The topological polar surface area (TPSA) is 97.0 Å². The summed E-state index contributed by atoms with van der Waals surface area (Å²) in [5.74, 6) is -0.419. The van der Waals surface area contributed by atoms with Crippen molar-refractivity contribution in [1.82, 2.24) is 5.32 Å². The van der Waals surface area contributed by atoms with Crippen LogP contribution in [0.5, 0.6) is 5.75 Å². The average Bonchev–Trinajstić information content (AvgIpc) is 3.20. The number of hydrogen-bond donors (Lipinski definition) is 2. The zero-order valence-electron chi connectivity index (χ0n) is 18.7. The fourth-order valence-electron chi connectivity index (χ4n) is 3.44. The van der Waals surface area contributed by atoms with Crippen molar-refractivity contribution in [3.05, 3.63) is 53.1 Å². The zero-order chi connectivity index (χ0) is 23.8. The highest BCUT2D eigenvalue weighted by atomic mass is 35.5. The first-order valence-electron chi connectivity index (χ1n) is 10.7. The lowest BCUT2D eigenvalue weighted by molar-refractivity contribution is -0.126. The van der Waals surface area contributed by atoms with E-state index in [1.54, 1.807) is 48.4 Å². The van der Waals surface area contributed by atoms with Gasteiger partial charge >= 0.3 is 0 Å². The number of amides is 3. The molecule has 1 fully saturated rings. The van der Waals surface area contributed by atoms with Crippen LogP contribution in [-0.2, 0) is 19.1 Å². The number of carbonyl (C=O) groups is 3. The van der Waals surface area contributed by atoms with Crippen molar-refractivity contribution in [2.75, 3.05) is 43.6 Å². The van der Waals surface area contributed by atoms with E-state index in [9.17, 15) is 14.4 Å². The number of ether oxygens (including phenoxy) is 2. The summed E-state index contributed by atoms with van der Waals surface area (Å²) in [6, 6.07) is 12.1. The van der Waals surface area contributed by atoms with Gasteiger partial charge < -0.3 is 25.0 Å². The van der Waals surface area contributed by atoms with Gasteiger partial charge in [0.2, 0.25) is 11.8 Å². The number of halogens is 1. The van der Waals surface area contributed by atoms with Crippen LogP contribution in [0.15, 0.2) is 42.5 Å². The first-order chi connectivity index (χ1) is 15.9. The van der Waals surface area contributed by atoms with E-state index in [0.717, 1.165) is 12.0 Å². The molecule has 1 aliphatic heterocycles. The minimum atomic E-state index is -0.380. The van der Waals surface area contributed by atoms with Gasteiger partial charge in [0, 0.05) is 49.6 Å². The molecule has 3 rings (SSSR count). The second-order valence-corrected chi connectivity index (χ2v) is 8.24. The summed E-state index contributed by atoms with van der Waals surface area (Å²) in [5, 5.41) is 6.16. The molecule has 0 saturated carbocycles. The first-order valence-corrected chi connectivity index (χ1v) is 11.1. The maximum Gasteiger partial charge on any atom is 0.262 e. The summed E-state index contributed by atoms with van der Waals surface area (Å²) in [6.07, 6.45) is 0.905. The fraction of sp³-hybridized carbons (Fsp3) is 0.375. The van der Waals surface area contributed by atoms with Crippen molar-refractivity contribution >= 4 is 40.7 Å². The van der Waals surface area contributed by atoms with Crippen LogP contribution in [-0.4, -0.2) is 51.1 Å². The Balaban J connectivity index is 1.48. The fourth-order valence-corrected chi connectivity index (χ4v) is 3.62. The number of nitrogens with one attached hydrogen (secondary N) is 2. The van der Waals surface area contributed by atoms with Gasteiger partial charge in [-0.25, -0.2) is 0 Å². The molecular weight excluding hydrogens is 446 g/mol. The number of anilines is 2. The maximum atomic E-state index is 12.4. The van der Waals surface area contributed by atoms with Crippen LogP contribution in [0.1, 0.15) is 18.4 Å². The van der Waals surface area contributed by atoms with Crippen molar-refractivity contribution in [3.8, 4) is 5.75 Å². The Labute approximate surface area is 198 Å². The van der Waals surface area contributed by atoms with Crippen LogP contribution in [0.3, 0.4) is 0 Å². The Morgan fingerprint density at radius 2 is 1.94 bits per heavy atom. The van der Waals surface area contributed by atoms with E-state index in [4.69, 9.17) is 21.1 Å². The summed E-state index contributed by atoms with van der Waals surface area (Å²) in [7, 11) is 1.61. The highest BCUT2D eigenvalue weighted by Gasteiger charge is 2.34. The standard InChI is InChI=1S/C24H28ClN3O5/c1-16-4-5-18(13-21(16)25)27-22(29)15-33-20-8-6-19(7-9-20)28-14-17(12-23(28)30)24(31)26-10-3-11-32-2/h4-9,13,17H,3,10-12,14-15H2,1-2H3,(H,26,31)(H,27,29)/t17-/m0/s1. The lowest BCUT2D eigenvalue weighted by atomic mass is 10.1. The molecule has 0 unspecified atom stereocenters. The Morgan fingerprint density at radius 3 is 2.64 bits per heavy atom. The summed E-state index contributed by atoms with van der Waals surface area (Å²) in [5.41, 5.74) is 2.21. The molecule has 1 aliphatic rings. The third-order valence-corrected chi connectivity index (χ3v) is 5.70. The molecule has 0 aliphatic carbocycles. The molecule has 0 aromatic heterocycles. The van der Waals surface area contributed by atoms with E-state index in [1.165, 1.54) is 0 Å². The van der Waals surface area contributed by atoms with Crippen molar-refractivity contribution in [3.63, 3.8) is 0 Å². The molecule has 33 heavy (non-hydrogen) atoms. The normalized spacial score (nSPS) is 15.4. The molecule has 0 bridgehead atoms. The van der Waals surface area contributed by atoms with Crippen LogP contribution in [0.2, 0.25) is 5.02 Å². The minimum absolute atomic E-state index is 0.100. The molecule has 2 aromatic rings. The van der Waals surface area contributed by atoms with Crippen molar-refractivity contribution < 1.29 is 23.9 Å². The van der Waals surface area contributed by atoms with Crippen molar-refractivity contribution in [2.45, 2.75) is 19.8 Å². The van der Waals surface area contributed by atoms with Gasteiger partial charge in [0.1, 0.15) is 5.75 Å². The van der Waals surface area contributed by atoms with E-state index in [-0.39, 0.29) is 36.7 Å². The molecule has 0 spiro atoms. The molecule has 3 amide bonds. The van der Waals surface area contributed by atoms with E-state index in [1.807, 2.05) is 13.0 Å². The smallest absolute Gasteiger partial charge is 0.262 e. The lowest BCUT2D eigenvalue weighted by Gasteiger charge is -2.17. The Bertz CT molecular complexity index is 996. The predicted molar refractivity (Wildman–Crippen MR) is 127 cm³/mol. The van der Waals surface area contributed by atoms with Crippen LogP contribution in [0.25, 0.3) is 0 Å².